The molecule has 0 saturated heterocycles. The van der Waals surface area contributed by atoms with Crippen molar-refractivity contribution in [2.24, 2.45) is 0 Å². The number of nitrogens with zero attached hydrogens (tertiary/aromatic N) is 2. The van der Waals surface area contributed by atoms with E-state index >= 15 is 0 Å². The summed E-state index contributed by atoms with van der Waals surface area (Å²) in [7, 11) is 0. The highest BCUT2D eigenvalue weighted by atomic mass is 32.1. The number of anilines is 1. The van der Waals surface area contributed by atoms with Crippen LogP contribution < -0.4 is 10.6 Å². The summed E-state index contributed by atoms with van der Waals surface area (Å²) in [5.74, 6) is -0.0835. The van der Waals surface area contributed by atoms with Gasteiger partial charge in [0.2, 0.25) is 0 Å². The zero-order valence-corrected chi connectivity index (χ0v) is 10.5. The Morgan fingerprint density at radius 1 is 1.44 bits per heavy atom. The molecule has 2 aromatic rings. The Balaban J connectivity index is 1.89. The van der Waals surface area contributed by atoms with Gasteiger partial charge in [0.25, 0.3) is 5.91 Å². The number of rotatable bonds is 2. The first-order chi connectivity index (χ1) is 8.84. The van der Waals surface area contributed by atoms with Gasteiger partial charge in [-0.25, -0.2) is 0 Å². The molecular weight excluding hydrogens is 248 g/mol. The van der Waals surface area contributed by atoms with Gasteiger partial charge in [0, 0.05) is 23.6 Å². The van der Waals surface area contributed by atoms with E-state index in [-0.39, 0.29) is 5.91 Å². The summed E-state index contributed by atoms with van der Waals surface area (Å²) in [4.78, 5) is 12.2. The molecule has 18 heavy (non-hydrogen) atoms. The van der Waals surface area contributed by atoms with E-state index in [0.717, 1.165) is 30.6 Å². The summed E-state index contributed by atoms with van der Waals surface area (Å²) >= 11 is 1.18. The molecule has 0 unspecified atom stereocenters. The highest BCUT2D eigenvalue weighted by molar-refractivity contribution is 7.10. The summed E-state index contributed by atoms with van der Waals surface area (Å²) in [6.07, 6.45) is 2.44. The first-order valence-electron chi connectivity index (χ1n) is 5.75. The number of amides is 1. The first-order valence-corrected chi connectivity index (χ1v) is 6.52. The molecule has 1 aliphatic heterocycles. The fourth-order valence-electron chi connectivity index (χ4n) is 2.15. The van der Waals surface area contributed by atoms with Crippen LogP contribution in [0.3, 0.4) is 0 Å². The lowest BCUT2D eigenvalue weighted by Gasteiger charge is -2.19. The van der Waals surface area contributed by atoms with Crippen molar-refractivity contribution in [3.8, 4) is 0 Å². The normalized spacial score (nSPS) is 14.0. The quantitative estimate of drug-likeness (QED) is 0.857. The van der Waals surface area contributed by atoms with Gasteiger partial charge in [-0.1, -0.05) is 16.6 Å². The van der Waals surface area contributed by atoms with Gasteiger partial charge in [-0.2, -0.15) is 0 Å². The number of hydrogen-bond acceptors (Lipinski definition) is 5. The highest BCUT2D eigenvalue weighted by Gasteiger charge is 2.17. The molecule has 0 spiro atoms. The molecule has 0 aliphatic carbocycles. The van der Waals surface area contributed by atoms with E-state index in [0.29, 0.717) is 5.00 Å². The molecule has 1 aromatic carbocycles. The summed E-state index contributed by atoms with van der Waals surface area (Å²) in [5, 5.41) is 10.5. The maximum absolute atomic E-state index is 12.2. The van der Waals surface area contributed by atoms with Crippen molar-refractivity contribution in [3.05, 3.63) is 41.1 Å². The van der Waals surface area contributed by atoms with Crippen LogP contribution in [0.5, 0.6) is 0 Å². The smallest absolute Gasteiger partial charge is 0.256 e. The number of fused-ring (bicyclic) bond motifs is 1. The first kappa shape index (κ1) is 11.3. The van der Waals surface area contributed by atoms with Crippen molar-refractivity contribution in [1.29, 1.82) is 0 Å². The van der Waals surface area contributed by atoms with Crippen molar-refractivity contribution in [2.75, 3.05) is 11.9 Å². The van der Waals surface area contributed by atoms with Crippen LogP contribution in [-0.2, 0) is 13.0 Å². The monoisotopic (exact) mass is 260 g/mol. The molecule has 92 valence electrons. The molecule has 1 aliphatic rings. The third-order valence-corrected chi connectivity index (χ3v) is 3.56. The predicted octanol–water partition coefficient (Wildman–Crippen LogP) is 1.44. The fraction of sp³-hybridized carbons (Fsp3) is 0.250. The maximum Gasteiger partial charge on any atom is 0.256 e. The number of benzene rings is 1. The van der Waals surface area contributed by atoms with E-state index in [4.69, 9.17) is 0 Å². The second kappa shape index (κ2) is 4.83. The van der Waals surface area contributed by atoms with Crippen LogP contribution in [0.4, 0.5) is 5.00 Å². The lowest BCUT2D eigenvalue weighted by Crippen LogP contribution is -2.26. The van der Waals surface area contributed by atoms with Crippen LogP contribution in [0, 0.1) is 0 Å². The minimum Gasteiger partial charge on any atom is -0.312 e. The van der Waals surface area contributed by atoms with Crippen LogP contribution in [0.25, 0.3) is 0 Å². The van der Waals surface area contributed by atoms with Gasteiger partial charge in [0.05, 0.1) is 6.20 Å². The Morgan fingerprint density at radius 2 is 2.39 bits per heavy atom. The standard InChI is InChI=1S/C12H12N4OS/c17-12(15-11-7-14-16-18-11)10-3-1-2-8-6-13-5-4-9(8)10/h1-3,7,13H,4-6H2,(H,15,17). The molecule has 5 nitrogen and oxygen atoms in total. The van der Waals surface area contributed by atoms with E-state index in [1.807, 2.05) is 12.1 Å². The van der Waals surface area contributed by atoms with Crippen molar-refractivity contribution >= 4 is 22.4 Å². The number of nitrogens with one attached hydrogen (secondary N) is 2. The van der Waals surface area contributed by atoms with E-state index in [2.05, 4.69) is 26.3 Å². The van der Waals surface area contributed by atoms with Crippen LogP contribution in [-0.4, -0.2) is 22.0 Å². The Kier molecular flexibility index (Phi) is 3.04. The van der Waals surface area contributed by atoms with Gasteiger partial charge in [0.1, 0.15) is 5.00 Å². The van der Waals surface area contributed by atoms with Gasteiger partial charge in [-0.3, -0.25) is 4.79 Å². The van der Waals surface area contributed by atoms with Crippen LogP contribution in [0.2, 0.25) is 0 Å². The minimum absolute atomic E-state index is 0.0835. The lowest BCUT2D eigenvalue weighted by molar-refractivity contribution is 0.102. The third kappa shape index (κ3) is 2.12. The zero-order chi connectivity index (χ0) is 12.4. The molecule has 0 saturated carbocycles. The third-order valence-electron chi connectivity index (χ3n) is 2.98. The summed E-state index contributed by atoms with van der Waals surface area (Å²) in [6.45, 7) is 1.75. The molecule has 0 fully saturated rings. The van der Waals surface area contributed by atoms with Crippen molar-refractivity contribution < 1.29 is 4.79 Å². The van der Waals surface area contributed by atoms with Gasteiger partial charge in [0.15, 0.2) is 0 Å². The Bertz CT molecular complexity index is 567. The second-order valence-electron chi connectivity index (χ2n) is 4.11. The Labute approximate surface area is 108 Å². The van der Waals surface area contributed by atoms with Crippen molar-refractivity contribution in [2.45, 2.75) is 13.0 Å². The van der Waals surface area contributed by atoms with E-state index in [9.17, 15) is 4.79 Å². The van der Waals surface area contributed by atoms with Crippen LogP contribution >= 0.6 is 11.5 Å². The number of hydrogen-bond donors (Lipinski definition) is 2. The maximum atomic E-state index is 12.2. The van der Waals surface area contributed by atoms with Gasteiger partial charge in [-0.05, 0) is 30.2 Å². The number of carbonyl (C=O) groups is 1. The van der Waals surface area contributed by atoms with E-state index in [1.54, 1.807) is 6.20 Å². The van der Waals surface area contributed by atoms with Crippen molar-refractivity contribution in [1.82, 2.24) is 14.9 Å². The molecule has 0 radical (unpaired) electrons. The summed E-state index contributed by atoms with van der Waals surface area (Å²) in [6, 6.07) is 5.85. The number of carbonyl (C=O) groups excluding carboxylic acids is 1. The molecular formula is C12H12N4OS. The van der Waals surface area contributed by atoms with E-state index < -0.39 is 0 Å². The molecule has 0 atom stereocenters. The molecule has 3 rings (SSSR count). The molecule has 1 aromatic heterocycles. The summed E-state index contributed by atoms with van der Waals surface area (Å²) in [5.41, 5.74) is 3.10. The molecule has 6 heteroatoms. The molecule has 1 amide bonds. The van der Waals surface area contributed by atoms with Gasteiger partial charge >= 0.3 is 0 Å². The Hall–Kier alpha value is -1.79. The molecule has 0 bridgehead atoms. The average molecular weight is 260 g/mol. The Morgan fingerprint density at radius 3 is 3.22 bits per heavy atom. The van der Waals surface area contributed by atoms with Gasteiger partial charge < -0.3 is 10.6 Å². The summed E-state index contributed by atoms with van der Waals surface area (Å²) < 4.78 is 3.72. The largest absolute Gasteiger partial charge is 0.312 e. The van der Waals surface area contributed by atoms with Crippen molar-refractivity contribution in [3.63, 3.8) is 0 Å². The predicted molar refractivity (Wildman–Crippen MR) is 69.7 cm³/mol. The second-order valence-corrected chi connectivity index (χ2v) is 4.89. The average Bonchev–Trinajstić information content (AvgIpc) is 2.91. The van der Waals surface area contributed by atoms with E-state index in [1.165, 1.54) is 17.1 Å². The SMILES string of the molecule is O=C(Nc1cnns1)c1cccc2c1CCNC2. The molecule has 2 N–H and O–H groups in total. The number of aromatic nitrogens is 2. The highest BCUT2D eigenvalue weighted by Crippen LogP contribution is 2.20. The lowest BCUT2D eigenvalue weighted by atomic mass is 9.95. The molecule has 2 heterocycles. The fourth-order valence-corrected chi connectivity index (χ4v) is 2.56. The van der Waals surface area contributed by atoms with Crippen LogP contribution in [0.1, 0.15) is 21.5 Å². The minimum atomic E-state index is -0.0835. The zero-order valence-electron chi connectivity index (χ0n) is 9.64. The van der Waals surface area contributed by atoms with Gasteiger partial charge in [-0.15, -0.1) is 5.10 Å². The topological polar surface area (TPSA) is 66.9 Å². The van der Waals surface area contributed by atoms with Crippen LogP contribution in [0.15, 0.2) is 24.4 Å².